The van der Waals surface area contributed by atoms with E-state index in [2.05, 4.69) is 47.4 Å². The van der Waals surface area contributed by atoms with Crippen LogP contribution in [0.2, 0.25) is 0 Å². The van der Waals surface area contributed by atoms with Crippen molar-refractivity contribution in [3.8, 4) is 11.1 Å². The molecule has 0 amide bonds. The molecule has 1 fully saturated rings. The molecule has 1 aliphatic carbocycles. The van der Waals surface area contributed by atoms with Crippen LogP contribution < -0.4 is 5.32 Å². The Balaban J connectivity index is 1.69. The smallest absolute Gasteiger partial charge is 0.223 e. The molecule has 3 heterocycles. The SMILES string of the molecule is CC1CCCCC1Nc1ncc2cncc(-c3cnn(C(C)C)c3)c2n1. The number of rotatable bonds is 4. The largest absolute Gasteiger partial charge is 0.351 e. The molecule has 6 nitrogen and oxygen atoms in total. The molecule has 1 saturated carbocycles. The van der Waals surface area contributed by atoms with Gasteiger partial charge >= 0.3 is 0 Å². The summed E-state index contributed by atoms with van der Waals surface area (Å²) in [6.45, 7) is 6.55. The lowest BCUT2D eigenvalue weighted by Gasteiger charge is -2.29. The Morgan fingerprint density at radius 3 is 2.73 bits per heavy atom. The molecule has 2 atom stereocenters. The number of anilines is 1. The maximum atomic E-state index is 4.83. The fourth-order valence-corrected chi connectivity index (χ4v) is 3.69. The van der Waals surface area contributed by atoms with Crippen molar-refractivity contribution < 1.29 is 0 Å². The topological polar surface area (TPSA) is 68.5 Å². The minimum absolute atomic E-state index is 0.325. The van der Waals surface area contributed by atoms with Crippen LogP contribution in [-0.4, -0.2) is 30.8 Å². The second-order valence-corrected chi connectivity index (χ2v) is 7.63. The van der Waals surface area contributed by atoms with Gasteiger partial charge in [0.1, 0.15) is 0 Å². The molecular formula is C20H26N6. The van der Waals surface area contributed by atoms with Crippen molar-refractivity contribution in [3.63, 3.8) is 0 Å². The van der Waals surface area contributed by atoms with Crippen molar-refractivity contribution >= 4 is 16.9 Å². The molecule has 0 aliphatic heterocycles. The lowest BCUT2D eigenvalue weighted by molar-refractivity contribution is 0.348. The van der Waals surface area contributed by atoms with Crippen LogP contribution in [0.3, 0.4) is 0 Å². The molecule has 1 N–H and O–H groups in total. The van der Waals surface area contributed by atoms with Gasteiger partial charge in [-0.25, -0.2) is 9.97 Å². The Labute approximate surface area is 154 Å². The van der Waals surface area contributed by atoms with Crippen LogP contribution in [-0.2, 0) is 0 Å². The average molecular weight is 350 g/mol. The first-order valence-corrected chi connectivity index (χ1v) is 9.53. The minimum atomic E-state index is 0.325. The van der Waals surface area contributed by atoms with Crippen LogP contribution in [0, 0.1) is 5.92 Å². The first-order valence-electron chi connectivity index (χ1n) is 9.53. The molecule has 136 valence electrons. The van der Waals surface area contributed by atoms with Gasteiger partial charge in [0.05, 0.1) is 11.7 Å². The van der Waals surface area contributed by atoms with Crippen molar-refractivity contribution in [2.75, 3.05) is 5.32 Å². The summed E-state index contributed by atoms with van der Waals surface area (Å²) in [6, 6.07) is 0.779. The highest BCUT2D eigenvalue weighted by Gasteiger charge is 2.22. The average Bonchev–Trinajstić information content (AvgIpc) is 3.13. The third-order valence-electron chi connectivity index (χ3n) is 5.36. The van der Waals surface area contributed by atoms with Crippen molar-refractivity contribution in [3.05, 3.63) is 31.0 Å². The Kier molecular flexibility index (Phi) is 4.57. The fourth-order valence-electron chi connectivity index (χ4n) is 3.69. The van der Waals surface area contributed by atoms with Gasteiger partial charge in [-0.3, -0.25) is 9.67 Å². The number of pyridine rings is 1. The van der Waals surface area contributed by atoms with Crippen LogP contribution in [0.25, 0.3) is 22.0 Å². The third-order valence-corrected chi connectivity index (χ3v) is 5.36. The molecule has 2 unspecified atom stereocenters. The van der Waals surface area contributed by atoms with Gasteiger partial charge in [0, 0.05) is 53.4 Å². The van der Waals surface area contributed by atoms with E-state index < -0.39 is 0 Å². The number of hydrogen-bond donors (Lipinski definition) is 1. The summed E-state index contributed by atoms with van der Waals surface area (Å²) in [4.78, 5) is 13.7. The van der Waals surface area contributed by atoms with Crippen LogP contribution in [0.4, 0.5) is 5.95 Å². The second-order valence-electron chi connectivity index (χ2n) is 7.63. The zero-order valence-electron chi connectivity index (χ0n) is 15.7. The first-order chi connectivity index (χ1) is 12.6. The van der Waals surface area contributed by atoms with Crippen molar-refractivity contribution in [1.29, 1.82) is 0 Å². The molecule has 4 rings (SSSR count). The molecule has 0 spiro atoms. The minimum Gasteiger partial charge on any atom is -0.351 e. The lowest BCUT2D eigenvalue weighted by Crippen LogP contribution is -2.31. The number of hydrogen-bond acceptors (Lipinski definition) is 5. The standard InChI is InChI=1S/C20H26N6/c1-13(2)26-12-16(10-23-26)17-11-21-8-15-9-22-20(25-19(15)17)24-18-7-5-4-6-14(18)3/h8-14,18H,4-7H2,1-3H3,(H,22,24,25). The van der Waals surface area contributed by atoms with Gasteiger partial charge in [-0.2, -0.15) is 5.10 Å². The van der Waals surface area contributed by atoms with Gasteiger partial charge in [-0.1, -0.05) is 19.8 Å². The van der Waals surface area contributed by atoms with E-state index in [4.69, 9.17) is 4.98 Å². The predicted molar refractivity (Wildman–Crippen MR) is 104 cm³/mol. The molecular weight excluding hydrogens is 324 g/mol. The van der Waals surface area contributed by atoms with Gasteiger partial charge in [0.2, 0.25) is 5.95 Å². The Bertz CT molecular complexity index is 900. The quantitative estimate of drug-likeness (QED) is 0.752. The summed E-state index contributed by atoms with van der Waals surface area (Å²) in [5.41, 5.74) is 2.95. The molecule has 6 heteroatoms. The molecule has 0 aromatic carbocycles. The summed E-state index contributed by atoms with van der Waals surface area (Å²) in [5.74, 6) is 1.36. The van der Waals surface area contributed by atoms with Gasteiger partial charge in [0.25, 0.3) is 0 Å². The Hall–Kier alpha value is -2.50. The van der Waals surface area contributed by atoms with Crippen molar-refractivity contribution in [1.82, 2.24) is 24.7 Å². The summed E-state index contributed by atoms with van der Waals surface area (Å²) >= 11 is 0. The summed E-state index contributed by atoms with van der Waals surface area (Å²) in [7, 11) is 0. The van der Waals surface area contributed by atoms with Gasteiger partial charge < -0.3 is 5.32 Å². The van der Waals surface area contributed by atoms with E-state index in [1.54, 1.807) is 0 Å². The van der Waals surface area contributed by atoms with E-state index in [1.165, 1.54) is 25.7 Å². The highest BCUT2D eigenvalue weighted by atomic mass is 15.3. The fraction of sp³-hybridized carbons (Fsp3) is 0.500. The van der Waals surface area contributed by atoms with Crippen molar-refractivity contribution in [2.24, 2.45) is 5.92 Å². The second kappa shape index (κ2) is 7.02. The zero-order valence-corrected chi connectivity index (χ0v) is 15.7. The summed E-state index contributed by atoms with van der Waals surface area (Å²) < 4.78 is 1.96. The summed E-state index contributed by atoms with van der Waals surface area (Å²) in [6.07, 6.45) is 14.5. The lowest BCUT2D eigenvalue weighted by atomic mass is 9.86. The Morgan fingerprint density at radius 2 is 1.96 bits per heavy atom. The van der Waals surface area contributed by atoms with E-state index in [9.17, 15) is 0 Å². The van der Waals surface area contributed by atoms with E-state index in [0.717, 1.165) is 22.0 Å². The monoisotopic (exact) mass is 350 g/mol. The predicted octanol–water partition coefficient (Wildman–Crippen LogP) is 4.46. The molecule has 1 aliphatic rings. The highest BCUT2D eigenvalue weighted by Crippen LogP contribution is 2.29. The van der Waals surface area contributed by atoms with Crippen LogP contribution >= 0.6 is 0 Å². The summed E-state index contributed by atoms with van der Waals surface area (Å²) in [5, 5.41) is 8.96. The van der Waals surface area contributed by atoms with Gasteiger partial charge in [-0.15, -0.1) is 0 Å². The van der Waals surface area contributed by atoms with Crippen LogP contribution in [0.1, 0.15) is 52.5 Å². The van der Waals surface area contributed by atoms with E-state index in [1.807, 2.05) is 29.5 Å². The maximum Gasteiger partial charge on any atom is 0.223 e. The molecule has 3 aromatic heterocycles. The van der Waals surface area contributed by atoms with E-state index >= 15 is 0 Å². The molecule has 26 heavy (non-hydrogen) atoms. The molecule has 3 aromatic rings. The normalized spacial score (nSPS) is 20.6. The first kappa shape index (κ1) is 16.9. The van der Waals surface area contributed by atoms with E-state index in [-0.39, 0.29) is 0 Å². The van der Waals surface area contributed by atoms with Crippen LogP contribution in [0.5, 0.6) is 0 Å². The molecule has 0 radical (unpaired) electrons. The highest BCUT2D eigenvalue weighted by molar-refractivity contribution is 5.92. The Morgan fingerprint density at radius 1 is 1.12 bits per heavy atom. The number of nitrogens with one attached hydrogen (secondary N) is 1. The number of nitrogens with zero attached hydrogens (tertiary/aromatic N) is 5. The molecule has 0 bridgehead atoms. The third kappa shape index (κ3) is 3.28. The molecule has 0 saturated heterocycles. The van der Waals surface area contributed by atoms with E-state index in [0.29, 0.717) is 23.9 Å². The zero-order chi connectivity index (χ0) is 18.1. The van der Waals surface area contributed by atoms with Gasteiger partial charge in [0.15, 0.2) is 0 Å². The number of fused-ring (bicyclic) bond motifs is 1. The van der Waals surface area contributed by atoms with Gasteiger partial charge in [-0.05, 0) is 32.6 Å². The van der Waals surface area contributed by atoms with Crippen LogP contribution in [0.15, 0.2) is 31.0 Å². The maximum absolute atomic E-state index is 4.83. The number of aromatic nitrogens is 5. The van der Waals surface area contributed by atoms with Crippen molar-refractivity contribution in [2.45, 2.75) is 58.5 Å².